The first-order valence-corrected chi connectivity index (χ1v) is 5.56. The molecule has 3 nitrogen and oxygen atoms in total. The summed E-state index contributed by atoms with van der Waals surface area (Å²) in [6.45, 7) is 0. The molecule has 92 valence electrons. The van der Waals surface area contributed by atoms with Crippen molar-refractivity contribution in [3.05, 3.63) is 58.9 Å². The Kier molecular flexibility index (Phi) is 3.60. The summed E-state index contributed by atoms with van der Waals surface area (Å²) >= 11 is 5.91. The van der Waals surface area contributed by atoms with Crippen LogP contribution in [0.4, 0.5) is 4.39 Å². The van der Waals surface area contributed by atoms with E-state index >= 15 is 0 Å². The van der Waals surface area contributed by atoms with Crippen molar-refractivity contribution in [2.24, 2.45) is 5.84 Å². The van der Waals surface area contributed by atoms with E-state index in [9.17, 15) is 9.18 Å². The third-order valence-corrected chi connectivity index (χ3v) is 2.85. The number of hydrazine groups is 1. The first-order chi connectivity index (χ1) is 8.61. The fourth-order valence-electron chi connectivity index (χ4n) is 1.60. The lowest BCUT2D eigenvalue weighted by atomic mass is 10.0. The molecule has 2 aromatic rings. The smallest absolute Gasteiger partial charge is 0.266 e. The van der Waals surface area contributed by atoms with Gasteiger partial charge in [-0.15, -0.1) is 0 Å². The van der Waals surface area contributed by atoms with E-state index in [2.05, 4.69) is 0 Å². The van der Waals surface area contributed by atoms with Gasteiger partial charge in [-0.05, 0) is 35.4 Å². The number of halogens is 2. The molecule has 0 heterocycles. The van der Waals surface area contributed by atoms with Crippen molar-refractivity contribution in [1.29, 1.82) is 0 Å². The largest absolute Gasteiger partial charge is 0.290 e. The van der Waals surface area contributed by atoms with Crippen LogP contribution in [0.1, 0.15) is 10.4 Å². The van der Waals surface area contributed by atoms with Crippen LogP contribution in [0.25, 0.3) is 11.1 Å². The zero-order chi connectivity index (χ0) is 13.1. The second-order valence-corrected chi connectivity index (χ2v) is 4.08. The van der Waals surface area contributed by atoms with Gasteiger partial charge in [-0.25, -0.2) is 10.2 Å². The van der Waals surface area contributed by atoms with E-state index in [1.165, 1.54) is 12.1 Å². The van der Waals surface area contributed by atoms with Crippen molar-refractivity contribution in [2.75, 3.05) is 0 Å². The van der Waals surface area contributed by atoms with Gasteiger partial charge in [0, 0.05) is 0 Å². The Hall–Kier alpha value is -1.91. The molecule has 0 spiro atoms. The van der Waals surface area contributed by atoms with Gasteiger partial charge in [-0.3, -0.25) is 10.2 Å². The molecule has 5 heteroatoms. The van der Waals surface area contributed by atoms with Gasteiger partial charge < -0.3 is 0 Å². The lowest BCUT2D eigenvalue weighted by Crippen LogP contribution is -2.30. The molecular weight excluding hydrogens is 255 g/mol. The zero-order valence-corrected chi connectivity index (χ0v) is 10.0. The lowest BCUT2D eigenvalue weighted by molar-refractivity contribution is 0.0954. The molecule has 0 bridgehead atoms. The van der Waals surface area contributed by atoms with Crippen molar-refractivity contribution >= 4 is 17.5 Å². The van der Waals surface area contributed by atoms with E-state index in [1.54, 1.807) is 30.3 Å². The molecule has 0 saturated carbocycles. The van der Waals surface area contributed by atoms with E-state index in [0.717, 1.165) is 11.1 Å². The Balaban J connectivity index is 2.46. The minimum absolute atomic E-state index is 0.279. The minimum atomic E-state index is -0.469. The number of amides is 1. The second-order valence-electron chi connectivity index (χ2n) is 3.67. The second kappa shape index (κ2) is 5.16. The number of nitrogens with one attached hydrogen (secondary N) is 1. The Bertz CT molecular complexity index is 584. The van der Waals surface area contributed by atoms with E-state index in [0.29, 0.717) is 5.02 Å². The summed E-state index contributed by atoms with van der Waals surface area (Å²) in [6, 6.07) is 10.9. The van der Waals surface area contributed by atoms with Crippen LogP contribution in [0.3, 0.4) is 0 Å². The van der Waals surface area contributed by atoms with Crippen molar-refractivity contribution in [3.63, 3.8) is 0 Å². The van der Waals surface area contributed by atoms with Crippen LogP contribution in [-0.2, 0) is 0 Å². The number of rotatable bonds is 2. The van der Waals surface area contributed by atoms with Gasteiger partial charge in [0.05, 0.1) is 10.6 Å². The van der Waals surface area contributed by atoms with Crippen LogP contribution in [0.5, 0.6) is 0 Å². The number of carbonyl (C=O) groups is 1. The standard InChI is InChI=1S/C13H10ClFN2O/c14-12-6-3-9(7-11(12)13(18)17-16)8-1-4-10(15)5-2-8/h1-7H,16H2,(H,17,18). The molecular formula is C13H10ClFN2O. The summed E-state index contributed by atoms with van der Waals surface area (Å²) in [6.07, 6.45) is 0. The SMILES string of the molecule is NNC(=O)c1cc(-c2ccc(F)cc2)ccc1Cl. The molecule has 0 radical (unpaired) electrons. The van der Waals surface area contributed by atoms with Gasteiger partial charge in [0.25, 0.3) is 5.91 Å². The lowest BCUT2D eigenvalue weighted by Gasteiger charge is -2.06. The number of hydrogen-bond acceptors (Lipinski definition) is 2. The summed E-state index contributed by atoms with van der Waals surface area (Å²) in [5.74, 6) is 4.29. The molecule has 0 aliphatic rings. The molecule has 18 heavy (non-hydrogen) atoms. The van der Waals surface area contributed by atoms with Gasteiger partial charge in [0.2, 0.25) is 0 Å². The fourth-order valence-corrected chi connectivity index (χ4v) is 1.80. The van der Waals surface area contributed by atoms with Gasteiger partial charge >= 0.3 is 0 Å². The quantitative estimate of drug-likeness (QED) is 0.498. The Morgan fingerprint density at radius 2 is 1.72 bits per heavy atom. The van der Waals surface area contributed by atoms with E-state index in [4.69, 9.17) is 17.4 Å². The molecule has 2 rings (SSSR count). The number of nitrogen functional groups attached to an aromatic ring is 1. The molecule has 0 aliphatic heterocycles. The molecule has 2 aromatic carbocycles. The first-order valence-electron chi connectivity index (χ1n) is 5.18. The van der Waals surface area contributed by atoms with Gasteiger partial charge in [-0.2, -0.15) is 0 Å². The summed E-state index contributed by atoms with van der Waals surface area (Å²) in [7, 11) is 0. The molecule has 0 aliphatic carbocycles. The van der Waals surface area contributed by atoms with E-state index in [1.807, 2.05) is 5.43 Å². The molecule has 3 N–H and O–H groups in total. The summed E-state index contributed by atoms with van der Waals surface area (Å²) in [4.78, 5) is 11.5. The zero-order valence-electron chi connectivity index (χ0n) is 9.28. The van der Waals surface area contributed by atoms with Crippen LogP contribution in [0.15, 0.2) is 42.5 Å². The molecule has 0 atom stereocenters. The van der Waals surface area contributed by atoms with Crippen LogP contribution < -0.4 is 11.3 Å². The van der Waals surface area contributed by atoms with Crippen molar-refractivity contribution < 1.29 is 9.18 Å². The van der Waals surface area contributed by atoms with Crippen molar-refractivity contribution in [1.82, 2.24) is 5.43 Å². The summed E-state index contributed by atoms with van der Waals surface area (Å²) in [5, 5.41) is 0.309. The van der Waals surface area contributed by atoms with Crippen molar-refractivity contribution in [3.8, 4) is 11.1 Å². The topological polar surface area (TPSA) is 55.1 Å². The van der Waals surface area contributed by atoms with Crippen LogP contribution >= 0.6 is 11.6 Å². The maximum absolute atomic E-state index is 12.8. The third kappa shape index (κ3) is 2.50. The highest BCUT2D eigenvalue weighted by Gasteiger charge is 2.10. The van der Waals surface area contributed by atoms with E-state index < -0.39 is 5.91 Å². The normalized spacial score (nSPS) is 10.2. The molecule has 0 fully saturated rings. The molecule has 0 saturated heterocycles. The van der Waals surface area contributed by atoms with Crippen molar-refractivity contribution in [2.45, 2.75) is 0 Å². The van der Waals surface area contributed by atoms with Gasteiger partial charge in [-0.1, -0.05) is 29.8 Å². The highest BCUT2D eigenvalue weighted by Crippen LogP contribution is 2.25. The average molecular weight is 265 g/mol. The number of carbonyl (C=O) groups excluding carboxylic acids is 1. The van der Waals surface area contributed by atoms with Crippen LogP contribution in [0.2, 0.25) is 5.02 Å². The molecule has 1 amide bonds. The minimum Gasteiger partial charge on any atom is -0.290 e. The maximum atomic E-state index is 12.8. The Morgan fingerprint density at radius 1 is 1.11 bits per heavy atom. The summed E-state index contributed by atoms with van der Waals surface area (Å²) < 4.78 is 12.8. The molecule has 0 aromatic heterocycles. The molecule has 0 unspecified atom stereocenters. The average Bonchev–Trinajstić information content (AvgIpc) is 2.39. The predicted octanol–water partition coefficient (Wildman–Crippen LogP) is 2.75. The van der Waals surface area contributed by atoms with Gasteiger partial charge in [0.1, 0.15) is 5.82 Å². The van der Waals surface area contributed by atoms with E-state index in [-0.39, 0.29) is 11.4 Å². The fraction of sp³-hybridized carbons (Fsp3) is 0. The first kappa shape index (κ1) is 12.5. The highest BCUT2D eigenvalue weighted by molar-refractivity contribution is 6.34. The highest BCUT2D eigenvalue weighted by atomic mass is 35.5. The summed E-state index contributed by atoms with van der Waals surface area (Å²) in [5.41, 5.74) is 3.86. The van der Waals surface area contributed by atoms with Crippen LogP contribution in [0, 0.1) is 5.82 Å². The monoisotopic (exact) mass is 264 g/mol. The Labute approximate surface area is 108 Å². The predicted molar refractivity (Wildman–Crippen MR) is 68.5 cm³/mol. The number of nitrogens with two attached hydrogens (primary N) is 1. The van der Waals surface area contributed by atoms with Crippen LogP contribution in [-0.4, -0.2) is 5.91 Å². The third-order valence-electron chi connectivity index (χ3n) is 2.52. The maximum Gasteiger partial charge on any atom is 0.266 e. The number of benzene rings is 2. The van der Waals surface area contributed by atoms with Gasteiger partial charge in [0.15, 0.2) is 0 Å². The Morgan fingerprint density at radius 3 is 2.33 bits per heavy atom. The number of hydrogen-bond donors (Lipinski definition) is 2.